The molecule has 2 nitrogen and oxygen atoms in total. The molecule has 1 aliphatic carbocycles. The molecule has 0 radical (unpaired) electrons. The Balaban J connectivity index is 0.00000352. The van der Waals surface area contributed by atoms with E-state index < -0.39 is 0 Å². The Labute approximate surface area is 173 Å². The van der Waals surface area contributed by atoms with Crippen molar-refractivity contribution in [2.75, 3.05) is 0 Å². The molecule has 0 saturated heterocycles. The fourth-order valence-corrected chi connectivity index (χ4v) is 3.74. The number of hydrogen-bond donors (Lipinski definition) is 2. The van der Waals surface area contributed by atoms with Crippen molar-refractivity contribution in [2.24, 2.45) is 10.8 Å². The lowest BCUT2D eigenvalue weighted by Gasteiger charge is -2.40. The van der Waals surface area contributed by atoms with Gasteiger partial charge in [0.2, 0.25) is 0 Å². The highest BCUT2D eigenvalue weighted by atomic mass is 16.3. The Morgan fingerprint density at radius 1 is 1.18 bits per heavy atom. The van der Waals surface area contributed by atoms with Crippen molar-refractivity contribution in [1.29, 1.82) is 0 Å². The largest absolute Gasteiger partial charge is 0.513 e. The highest BCUT2D eigenvalue weighted by Gasteiger charge is 2.36. The third-order valence-electron chi connectivity index (χ3n) is 5.12. The normalized spacial score (nSPS) is 17.5. The van der Waals surface area contributed by atoms with E-state index in [2.05, 4.69) is 40.3 Å². The van der Waals surface area contributed by atoms with E-state index in [0.29, 0.717) is 12.2 Å². The summed E-state index contributed by atoms with van der Waals surface area (Å²) < 4.78 is 0. The minimum absolute atomic E-state index is 0.164. The van der Waals surface area contributed by atoms with Gasteiger partial charge >= 0.3 is 0 Å². The maximum Gasteiger partial charge on any atom is 0.0960 e. The van der Waals surface area contributed by atoms with Gasteiger partial charge in [0.1, 0.15) is 0 Å². The summed E-state index contributed by atoms with van der Waals surface area (Å²) in [6.45, 7) is 18.8. The molecule has 2 N–H and O–H groups in total. The van der Waals surface area contributed by atoms with E-state index in [-0.39, 0.29) is 16.6 Å². The molecular formula is C26H42O2. The van der Waals surface area contributed by atoms with Crippen LogP contribution in [0.5, 0.6) is 0 Å². The lowest BCUT2D eigenvalue weighted by Crippen LogP contribution is -2.29. The molecule has 1 unspecified atom stereocenters. The molecule has 0 amide bonds. The molecule has 1 aliphatic rings. The van der Waals surface area contributed by atoms with Gasteiger partial charge in [0.25, 0.3) is 0 Å². The van der Waals surface area contributed by atoms with E-state index in [1.165, 1.54) is 12.8 Å². The first-order valence-electron chi connectivity index (χ1n) is 10.6. The lowest BCUT2D eigenvalue weighted by atomic mass is 9.64. The average Bonchev–Trinajstić information content (AvgIpc) is 2.86. The highest BCUT2D eigenvalue weighted by Crippen LogP contribution is 2.48. The molecule has 28 heavy (non-hydrogen) atoms. The second kappa shape index (κ2) is 12.5. The molecule has 0 aromatic rings. The fraction of sp³-hybridized carbons (Fsp3) is 0.538. The van der Waals surface area contributed by atoms with Gasteiger partial charge in [-0.05, 0) is 48.5 Å². The quantitative estimate of drug-likeness (QED) is 0.308. The molecule has 0 fully saturated rings. The van der Waals surface area contributed by atoms with E-state index in [0.717, 1.165) is 24.0 Å². The summed E-state index contributed by atoms with van der Waals surface area (Å²) in [4.78, 5) is 0. The van der Waals surface area contributed by atoms with E-state index in [1.54, 1.807) is 19.1 Å². The van der Waals surface area contributed by atoms with Crippen molar-refractivity contribution < 1.29 is 10.2 Å². The molecular weight excluding hydrogens is 344 g/mol. The van der Waals surface area contributed by atoms with Gasteiger partial charge in [0.15, 0.2) is 0 Å². The van der Waals surface area contributed by atoms with Crippen molar-refractivity contribution in [2.45, 2.75) is 80.6 Å². The van der Waals surface area contributed by atoms with Gasteiger partial charge in [-0.1, -0.05) is 91.3 Å². The van der Waals surface area contributed by atoms with Gasteiger partial charge in [0.05, 0.1) is 11.5 Å². The van der Waals surface area contributed by atoms with E-state index >= 15 is 0 Å². The van der Waals surface area contributed by atoms with Crippen LogP contribution in [0.1, 0.15) is 80.6 Å². The fourth-order valence-electron chi connectivity index (χ4n) is 3.74. The lowest BCUT2D eigenvalue weighted by molar-refractivity contribution is 0.223. The van der Waals surface area contributed by atoms with Gasteiger partial charge in [-0.15, -0.1) is 0 Å². The number of aliphatic hydroxyl groups excluding tert-OH is 2. The average molecular weight is 387 g/mol. The zero-order valence-corrected chi connectivity index (χ0v) is 19.2. The summed E-state index contributed by atoms with van der Waals surface area (Å²) in [5.74, 6) is 0.652. The number of unbranched alkanes of at least 4 members (excludes halogenated alkanes) is 1. The first-order chi connectivity index (χ1) is 13.1. The minimum atomic E-state index is -0.261. The molecule has 1 atom stereocenters. The van der Waals surface area contributed by atoms with Crippen LogP contribution in [-0.2, 0) is 0 Å². The third kappa shape index (κ3) is 8.37. The first kappa shape index (κ1) is 26.0. The Bertz CT molecular complexity index is 637. The number of allylic oxidation sites excluding steroid dienone is 10. The van der Waals surface area contributed by atoms with Crippen LogP contribution in [0.3, 0.4) is 0 Å². The molecule has 0 heterocycles. The predicted octanol–water partition coefficient (Wildman–Crippen LogP) is 8.53. The summed E-state index contributed by atoms with van der Waals surface area (Å²) in [6.07, 6.45) is 18.6. The van der Waals surface area contributed by atoms with Gasteiger partial charge in [-0.2, -0.15) is 0 Å². The van der Waals surface area contributed by atoms with Crippen molar-refractivity contribution in [3.63, 3.8) is 0 Å². The van der Waals surface area contributed by atoms with Crippen molar-refractivity contribution in [1.82, 2.24) is 0 Å². The standard InChI is InChI=1S/C24H36O2.C2H6/c1-7-9-17-23(4,5)18-24(6,20(8-2)14-13-19(3)25)21-11-10-12-22(26)16-15-21;1-2/h8,10-11,13-16,25-26H,2,7,9,12,17-18H2,1,3-6H3;1-2H3/b19-13+,20-14+;. The van der Waals surface area contributed by atoms with Crippen molar-refractivity contribution in [3.05, 3.63) is 71.8 Å². The van der Waals surface area contributed by atoms with Gasteiger partial charge in [0, 0.05) is 11.8 Å². The summed E-state index contributed by atoms with van der Waals surface area (Å²) in [6, 6.07) is 0. The van der Waals surface area contributed by atoms with Crippen LogP contribution in [0.2, 0.25) is 0 Å². The van der Waals surface area contributed by atoms with Crippen molar-refractivity contribution >= 4 is 0 Å². The van der Waals surface area contributed by atoms with E-state index in [4.69, 9.17) is 0 Å². The van der Waals surface area contributed by atoms with Crippen molar-refractivity contribution in [3.8, 4) is 0 Å². The smallest absolute Gasteiger partial charge is 0.0960 e. The summed E-state index contributed by atoms with van der Waals surface area (Å²) in [5.41, 5.74) is 2.13. The second-order valence-corrected chi connectivity index (χ2v) is 8.30. The first-order valence-corrected chi connectivity index (χ1v) is 10.6. The van der Waals surface area contributed by atoms with Crippen LogP contribution in [0, 0.1) is 10.8 Å². The minimum Gasteiger partial charge on any atom is -0.513 e. The molecule has 2 heteroatoms. The summed E-state index contributed by atoms with van der Waals surface area (Å²) in [7, 11) is 0. The molecule has 158 valence electrons. The molecule has 0 aliphatic heterocycles. The Morgan fingerprint density at radius 2 is 1.82 bits per heavy atom. The number of hydrogen-bond acceptors (Lipinski definition) is 2. The Morgan fingerprint density at radius 3 is 2.36 bits per heavy atom. The Kier molecular flexibility index (Phi) is 11.6. The summed E-state index contributed by atoms with van der Waals surface area (Å²) in [5, 5.41) is 19.5. The van der Waals surface area contributed by atoms with Crippen LogP contribution in [0.15, 0.2) is 71.8 Å². The topological polar surface area (TPSA) is 40.5 Å². The van der Waals surface area contributed by atoms with Crippen LogP contribution >= 0.6 is 0 Å². The van der Waals surface area contributed by atoms with Crippen LogP contribution < -0.4 is 0 Å². The molecule has 0 aromatic heterocycles. The third-order valence-corrected chi connectivity index (χ3v) is 5.12. The zero-order valence-electron chi connectivity index (χ0n) is 19.2. The van der Waals surface area contributed by atoms with E-state index in [1.807, 2.05) is 38.2 Å². The van der Waals surface area contributed by atoms with Gasteiger partial charge in [-0.25, -0.2) is 0 Å². The van der Waals surface area contributed by atoms with Gasteiger partial charge < -0.3 is 10.2 Å². The number of aliphatic hydroxyl groups is 2. The molecule has 0 aromatic carbocycles. The second-order valence-electron chi connectivity index (χ2n) is 8.30. The maximum atomic E-state index is 9.88. The SMILES string of the molecule is C=C/C(=C\C=C(/C)O)C(C)(CC(C)(C)CCCC)C1=CC=C(O)CC=C1.CC. The van der Waals surface area contributed by atoms with Crippen LogP contribution in [-0.4, -0.2) is 10.2 Å². The van der Waals surface area contributed by atoms with Gasteiger partial charge in [-0.3, -0.25) is 0 Å². The number of rotatable bonds is 9. The zero-order chi connectivity index (χ0) is 21.8. The molecule has 0 bridgehead atoms. The highest BCUT2D eigenvalue weighted by molar-refractivity contribution is 5.45. The molecule has 0 saturated carbocycles. The summed E-state index contributed by atoms with van der Waals surface area (Å²) >= 11 is 0. The van der Waals surface area contributed by atoms with E-state index in [9.17, 15) is 10.2 Å². The monoisotopic (exact) mass is 386 g/mol. The molecule has 0 spiro atoms. The molecule has 1 rings (SSSR count). The Hall–Kier alpha value is -1.96. The van der Waals surface area contributed by atoms with Crippen LogP contribution in [0.4, 0.5) is 0 Å². The maximum absolute atomic E-state index is 9.88. The van der Waals surface area contributed by atoms with Crippen LogP contribution in [0.25, 0.3) is 0 Å². The predicted molar refractivity (Wildman–Crippen MR) is 125 cm³/mol.